The van der Waals surface area contributed by atoms with E-state index in [0.717, 1.165) is 0 Å². The van der Waals surface area contributed by atoms with Gasteiger partial charge in [-0.2, -0.15) is 0 Å². The lowest BCUT2D eigenvalue weighted by Gasteiger charge is -2.37. The van der Waals surface area contributed by atoms with E-state index in [1.807, 2.05) is 22.6 Å². The van der Waals surface area contributed by atoms with Crippen LogP contribution in [0.5, 0.6) is 0 Å². The second kappa shape index (κ2) is 4.67. The van der Waals surface area contributed by atoms with Crippen LogP contribution in [0.1, 0.15) is 13.8 Å². The Kier molecular flexibility index (Phi) is 3.96. The Morgan fingerprint density at radius 3 is 2.87 bits per heavy atom. The standard InChI is InChI=1S/C9H13IO5/c1-3-14-8(13)9(2)7(12)6(11)5(10)4-15-9/h4,6-7,11-12H,3H2,1-2H3/t6-,7-,9-/m0/s1. The van der Waals surface area contributed by atoms with Crippen LogP contribution < -0.4 is 0 Å². The van der Waals surface area contributed by atoms with Crippen molar-refractivity contribution >= 4 is 28.6 Å². The van der Waals surface area contributed by atoms with E-state index in [2.05, 4.69) is 0 Å². The largest absolute Gasteiger partial charge is 0.480 e. The summed E-state index contributed by atoms with van der Waals surface area (Å²) in [5.74, 6) is -0.684. The van der Waals surface area contributed by atoms with E-state index in [0.29, 0.717) is 3.58 Å². The van der Waals surface area contributed by atoms with Gasteiger partial charge in [-0.15, -0.1) is 0 Å². The molecule has 0 amide bonds. The highest BCUT2D eigenvalue weighted by Crippen LogP contribution is 2.31. The van der Waals surface area contributed by atoms with Gasteiger partial charge in [0.25, 0.3) is 0 Å². The number of hydrogen-bond donors (Lipinski definition) is 2. The molecule has 0 aliphatic carbocycles. The zero-order valence-corrected chi connectivity index (χ0v) is 10.6. The van der Waals surface area contributed by atoms with Gasteiger partial charge in [-0.3, -0.25) is 0 Å². The van der Waals surface area contributed by atoms with Crippen molar-refractivity contribution in [3.63, 3.8) is 0 Å². The van der Waals surface area contributed by atoms with Crippen molar-refractivity contribution in [3.8, 4) is 0 Å². The molecule has 0 fully saturated rings. The SMILES string of the molecule is CCOC(=O)[C@@]1(C)OC=C(I)[C@H](O)[C@@H]1O. The van der Waals surface area contributed by atoms with Crippen LogP contribution in [0, 0.1) is 0 Å². The molecule has 6 heteroatoms. The fourth-order valence-electron chi connectivity index (χ4n) is 1.21. The minimum atomic E-state index is -1.54. The van der Waals surface area contributed by atoms with Crippen molar-refractivity contribution in [2.24, 2.45) is 0 Å². The molecule has 0 saturated carbocycles. The maximum Gasteiger partial charge on any atom is 0.353 e. The van der Waals surface area contributed by atoms with Crippen molar-refractivity contribution in [2.45, 2.75) is 31.7 Å². The number of carbonyl (C=O) groups excluding carboxylic acids is 1. The molecular weight excluding hydrogens is 315 g/mol. The monoisotopic (exact) mass is 328 g/mol. The first-order valence-corrected chi connectivity index (χ1v) is 5.58. The van der Waals surface area contributed by atoms with Crippen LogP contribution in [-0.4, -0.2) is 40.6 Å². The van der Waals surface area contributed by atoms with Crippen LogP contribution in [-0.2, 0) is 14.3 Å². The summed E-state index contributed by atoms with van der Waals surface area (Å²) in [6, 6.07) is 0. The highest BCUT2D eigenvalue weighted by atomic mass is 127. The molecule has 86 valence electrons. The summed E-state index contributed by atoms with van der Waals surface area (Å²) in [5, 5.41) is 19.3. The van der Waals surface area contributed by atoms with Gasteiger partial charge in [0.2, 0.25) is 5.60 Å². The van der Waals surface area contributed by atoms with Gasteiger partial charge in [0.15, 0.2) is 0 Å². The average molecular weight is 328 g/mol. The lowest BCUT2D eigenvalue weighted by molar-refractivity contribution is -0.186. The molecule has 0 saturated heterocycles. The minimum Gasteiger partial charge on any atom is -0.480 e. The molecule has 3 atom stereocenters. The van der Waals surface area contributed by atoms with Crippen molar-refractivity contribution in [1.29, 1.82) is 0 Å². The van der Waals surface area contributed by atoms with Crippen LogP contribution in [0.4, 0.5) is 0 Å². The van der Waals surface area contributed by atoms with Crippen LogP contribution >= 0.6 is 22.6 Å². The van der Waals surface area contributed by atoms with Crippen LogP contribution in [0.15, 0.2) is 9.84 Å². The van der Waals surface area contributed by atoms with E-state index in [1.54, 1.807) is 6.92 Å². The summed E-state index contributed by atoms with van der Waals surface area (Å²) in [6.07, 6.45) is -1.18. The van der Waals surface area contributed by atoms with Crippen molar-refractivity contribution in [2.75, 3.05) is 6.61 Å². The van der Waals surface area contributed by atoms with Crippen LogP contribution in [0.25, 0.3) is 0 Å². The predicted molar refractivity (Wildman–Crippen MR) is 60.2 cm³/mol. The maximum atomic E-state index is 11.5. The van der Waals surface area contributed by atoms with Crippen molar-refractivity contribution < 1.29 is 24.5 Å². The number of hydrogen-bond acceptors (Lipinski definition) is 5. The van der Waals surface area contributed by atoms with Crippen LogP contribution in [0.2, 0.25) is 0 Å². The Hall–Kier alpha value is -0.340. The highest BCUT2D eigenvalue weighted by molar-refractivity contribution is 14.1. The van der Waals surface area contributed by atoms with E-state index < -0.39 is 23.8 Å². The zero-order valence-electron chi connectivity index (χ0n) is 8.44. The van der Waals surface area contributed by atoms with Gasteiger partial charge in [0, 0.05) is 0 Å². The number of esters is 1. The second-order valence-electron chi connectivity index (χ2n) is 3.34. The van der Waals surface area contributed by atoms with E-state index >= 15 is 0 Å². The Bertz CT molecular complexity index is 290. The van der Waals surface area contributed by atoms with E-state index in [4.69, 9.17) is 9.47 Å². The van der Waals surface area contributed by atoms with Gasteiger partial charge in [0.1, 0.15) is 12.2 Å². The molecule has 1 aliphatic heterocycles. The molecule has 5 nitrogen and oxygen atoms in total. The number of halogens is 1. The summed E-state index contributed by atoms with van der Waals surface area (Å²) in [6.45, 7) is 3.24. The van der Waals surface area contributed by atoms with E-state index in [-0.39, 0.29) is 6.61 Å². The fraction of sp³-hybridized carbons (Fsp3) is 0.667. The third-order valence-electron chi connectivity index (χ3n) is 2.24. The molecule has 0 spiro atoms. The molecular formula is C9H13IO5. The van der Waals surface area contributed by atoms with Gasteiger partial charge in [-0.05, 0) is 36.4 Å². The number of ether oxygens (including phenoxy) is 2. The quantitative estimate of drug-likeness (QED) is 0.565. The number of aliphatic hydroxyl groups is 2. The summed E-state index contributed by atoms with van der Waals surface area (Å²) >= 11 is 1.83. The number of aliphatic hydroxyl groups excluding tert-OH is 2. The number of rotatable bonds is 2. The Morgan fingerprint density at radius 2 is 2.33 bits per heavy atom. The summed E-state index contributed by atoms with van der Waals surface area (Å²) in [7, 11) is 0. The van der Waals surface area contributed by atoms with Crippen molar-refractivity contribution in [1.82, 2.24) is 0 Å². The van der Waals surface area contributed by atoms with Gasteiger partial charge >= 0.3 is 5.97 Å². The van der Waals surface area contributed by atoms with E-state index in [9.17, 15) is 15.0 Å². The first kappa shape index (κ1) is 12.7. The fourth-order valence-corrected chi connectivity index (χ4v) is 1.68. The van der Waals surface area contributed by atoms with Crippen LogP contribution in [0.3, 0.4) is 0 Å². The number of carbonyl (C=O) groups is 1. The Balaban J connectivity index is 2.91. The smallest absolute Gasteiger partial charge is 0.353 e. The molecule has 1 heterocycles. The molecule has 0 bridgehead atoms. The highest BCUT2D eigenvalue weighted by Gasteiger charge is 2.50. The Morgan fingerprint density at radius 1 is 1.73 bits per heavy atom. The zero-order chi connectivity index (χ0) is 11.6. The third kappa shape index (κ3) is 2.26. The topological polar surface area (TPSA) is 76.0 Å². The molecule has 1 rings (SSSR count). The first-order valence-electron chi connectivity index (χ1n) is 4.50. The van der Waals surface area contributed by atoms with Gasteiger partial charge in [0.05, 0.1) is 16.4 Å². The molecule has 0 radical (unpaired) electrons. The van der Waals surface area contributed by atoms with Crippen molar-refractivity contribution in [3.05, 3.63) is 9.84 Å². The Labute approximate surface area is 101 Å². The van der Waals surface area contributed by atoms with Gasteiger partial charge < -0.3 is 19.7 Å². The molecule has 0 unspecified atom stereocenters. The predicted octanol–water partition coefficient (Wildman–Crippen LogP) is 0.337. The molecule has 0 aromatic rings. The molecule has 2 N–H and O–H groups in total. The first-order chi connectivity index (χ1) is 6.93. The molecule has 1 aliphatic rings. The molecule has 15 heavy (non-hydrogen) atoms. The van der Waals surface area contributed by atoms with Gasteiger partial charge in [-0.1, -0.05) is 0 Å². The normalized spacial score (nSPS) is 35.4. The minimum absolute atomic E-state index is 0.196. The maximum absolute atomic E-state index is 11.5. The lowest BCUT2D eigenvalue weighted by Crippen LogP contribution is -2.56. The average Bonchev–Trinajstić information content (AvgIpc) is 2.21. The summed E-state index contributed by atoms with van der Waals surface area (Å²) < 4.78 is 10.3. The molecule has 0 aromatic carbocycles. The molecule has 0 aromatic heterocycles. The second-order valence-corrected chi connectivity index (χ2v) is 4.58. The van der Waals surface area contributed by atoms with E-state index in [1.165, 1.54) is 13.2 Å². The summed E-state index contributed by atoms with van der Waals surface area (Å²) in [4.78, 5) is 11.5. The third-order valence-corrected chi connectivity index (χ3v) is 3.14. The van der Waals surface area contributed by atoms with Gasteiger partial charge in [-0.25, -0.2) is 4.79 Å². The lowest BCUT2D eigenvalue weighted by atomic mass is 9.92. The summed E-state index contributed by atoms with van der Waals surface area (Å²) in [5.41, 5.74) is -1.54.